The van der Waals surface area contributed by atoms with E-state index in [4.69, 9.17) is 14.6 Å². The van der Waals surface area contributed by atoms with E-state index < -0.39 is 0 Å². The van der Waals surface area contributed by atoms with Gasteiger partial charge in [0.2, 0.25) is 5.91 Å². The lowest BCUT2D eigenvalue weighted by molar-refractivity contribution is -0.139. The van der Waals surface area contributed by atoms with Gasteiger partial charge in [-0.05, 0) is 25.5 Å². The number of nitrogens with zero attached hydrogens (tertiary/aromatic N) is 2. The van der Waals surface area contributed by atoms with Gasteiger partial charge in [-0.3, -0.25) is 9.59 Å². The highest BCUT2D eigenvalue weighted by molar-refractivity contribution is 7.10. The SMILES string of the molecule is CN(C)CC1COCCN1C(=O)Cc1cccs1.O=CO. The molecule has 1 amide bonds. The average molecular weight is 314 g/mol. The van der Waals surface area contributed by atoms with E-state index >= 15 is 0 Å². The second-order valence-corrected chi connectivity index (χ2v) is 5.97. The summed E-state index contributed by atoms with van der Waals surface area (Å²) in [6, 6.07) is 4.19. The first kappa shape index (κ1) is 17.6. The maximum absolute atomic E-state index is 12.3. The van der Waals surface area contributed by atoms with Crippen LogP contribution in [0.5, 0.6) is 0 Å². The van der Waals surface area contributed by atoms with Crippen LogP contribution < -0.4 is 0 Å². The van der Waals surface area contributed by atoms with Gasteiger partial charge in [0, 0.05) is 18.0 Å². The predicted molar refractivity (Wildman–Crippen MR) is 81.6 cm³/mol. The van der Waals surface area contributed by atoms with Crippen LogP contribution in [0.25, 0.3) is 0 Å². The summed E-state index contributed by atoms with van der Waals surface area (Å²) in [5.74, 6) is 0.215. The normalized spacial score (nSPS) is 18.0. The first-order valence-corrected chi connectivity index (χ1v) is 7.58. The van der Waals surface area contributed by atoms with E-state index in [1.54, 1.807) is 11.3 Å². The fourth-order valence-electron chi connectivity index (χ4n) is 2.22. The Balaban J connectivity index is 0.000000677. The Morgan fingerprint density at radius 3 is 2.90 bits per heavy atom. The van der Waals surface area contributed by atoms with Crippen molar-refractivity contribution in [2.75, 3.05) is 40.4 Å². The van der Waals surface area contributed by atoms with E-state index in [1.807, 2.05) is 36.5 Å². The van der Waals surface area contributed by atoms with Crippen LogP contribution in [-0.2, 0) is 20.7 Å². The number of thiophene rings is 1. The topological polar surface area (TPSA) is 70.1 Å². The average Bonchev–Trinajstić information content (AvgIpc) is 2.92. The van der Waals surface area contributed by atoms with Crippen molar-refractivity contribution >= 4 is 23.7 Å². The standard InChI is InChI=1S/C13H20N2O2S.CH2O2/c1-14(2)9-11-10-17-6-5-15(11)13(16)8-12-4-3-7-18-12;2-1-3/h3-4,7,11H,5-6,8-10H2,1-2H3;1H,(H,2,3). The molecule has 118 valence electrons. The summed E-state index contributed by atoms with van der Waals surface area (Å²) in [5.41, 5.74) is 0. The maximum atomic E-state index is 12.3. The Hall–Kier alpha value is -1.44. The number of carbonyl (C=O) groups excluding carboxylic acids is 1. The highest BCUT2D eigenvalue weighted by Crippen LogP contribution is 2.14. The van der Waals surface area contributed by atoms with Gasteiger partial charge >= 0.3 is 0 Å². The summed E-state index contributed by atoms with van der Waals surface area (Å²) in [6.45, 7) is 2.62. The number of carbonyl (C=O) groups is 2. The minimum atomic E-state index is -0.250. The lowest BCUT2D eigenvalue weighted by Gasteiger charge is -2.37. The third-order valence-electron chi connectivity index (χ3n) is 3.03. The molecule has 6 nitrogen and oxygen atoms in total. The van der Waals surface area contributed by atoms with Crippen molar-refractivity contribution in [3.8, 4) is 0 Å². The fraction of sp³-hybridized carbons (Fsp3) is 0.571. The summed E-state index contributed by atoms with van der Waals surface area (Å²) >= 11 is 1.64. The largest absolute Gasteiger partial charge is 0.483 e. The number of likely N-dealkylation sites (N-methyl/N-ethyl adjacent to an activating group) is 1. The van der Waals surface area contributed by atoms with Crippen molar-refractivity contribution in [2.24, 2.45) is 0 Å². The molecule has 1 saturated heterocycles. The molecule has 1 N–H and O–H groups in total. The number of ether oxygens (including phenoxy) is 1. The van der Waals surface area contributed by atoms with Gasteiger partial charge in [0.15, 0.2) is 0 Å². The maximum Gasteiger partial charge on any atom is 0.290 e. The zero-order chi connectivity index (χ0) is 15.7. The van der Waals surface area contributed by atoms with Crippen molar-refractivity contribution < 1.29 is 19.4 Å². The molecule has 7 heteroatoms. The van der Waals surface area contributed by atoms with E-state index in [-0.39, 0.29) is 18.4 Å². The number of morpholine rings is 1. The first-order chi connectivity index (χ1) is 10.1. The zero-order valence-electron chi connectivity index (χ0n) is 12.4. The van der Waals surface area contributed by atoms with E-state index in [2.05, 4.69) is 4.90 Å². The summed E-state index contributed by atoms with van der Waals surface area (Å²) in [5, 5.41) is 8.90. The number of rotatable bonds is 4. The van der Waals surface area contributed by atoms with Gasteiger partial charge in [0.1, 0.15) is 0 Å². The van der Waals surface area contributed by atoms with Crippen molar-refractivity contribution in [2.45, 2.75) is 12.5 Å². The molecule has 2 rings (SSSR count). The van der Waals surface area contributed by atoms with E-state index in [0.717, 1.165) is 11.4 Å². The fourth-order valence-corrected chi connectivity index (χ4v) is 2.92. The molecule has 1 aromatic heterocycles. The lowest BCUT2D eigenvalue weighted by Crippen LogP contribution is -2.53. The molecule has 1 aliphatic heterocycles. The van der Waals surface area contributed by atoms with Gasteiger partial charge in [-0.1, -0.05) is 6.07 Å². The molecule has 2 heterocycles. The van der Waals surface area contributed by atoms with E-state index in [0.29, 0.717) is 26.2 Å². The Bertz CT molecular complexity index is 423. The number of carboxylic acid groups (broad SMARTS) is 1. The van der Waals surface area contributed by atoms with E-state index in [1.165, 1.54) is 0 Å². The van der Waals surface area contributed by atoms with Crippen LogP contribution in [0, 0.1) is 0 Å². The van der Waals surface area contributed by atoms with Crippen molar-refractivity contribution in [1.82, 2.24) is 9.80 Å². The van der Waals surface area contributed by atoms with Crippen LogP contribution in [0.15, 0.2) is 17.5 Å². The Kier molecular flexibility index (Phi) is 7.96. The highest BCUT2D eigenvalue weighted by Gasteiger charge is 2.27. The number of amides is 1. The molecule has 1 aliphatic rings. The predicted octanol–water partition coefficient (Wildman–Crippen LogP) is 0.780. The second kappa shape index (κ2) is 9.49. The molecule has 0 bridgehead atoms. The number of hydrogen-bond donors (Lipinski definition) is 1. The molecule has 1 aromatic rings. The minimum absolute atomic E-state index is 0.182. The second-order valence-electron chi connectivity index (χ2n) is 4.94. The molecule has 1 atom stereocenters. The van der Waals surface area contributed by atoms with Crippen LogP contribution >= 0.6 is 11.3 Å². The smallest absolute Gasteiger partial charge is 0.290 e. The lowest BCUT2D eigenvalue weighted by atomic mass is 10.2. The molecular weight excluding hydrogens is 292 g/mol. The van der Waals surface area contributed by atoms with E-state index in [9.17, 15) is 4.79 Å². The van der Waals surface area contributed by atoms with Gasteiger partial charge < -0.3 is 19.6 Å². The quantitative estimate of drug-likeness (QED) is 0.832. The van der Waals surface area contributed by atoms with Crippen LogP contribution in [0.1, 0.15) is 4.88 Å². The van der Waals surface area contributed by atoms with Gasteiger partial charge in [-0.25, -0.2) is 0 Å². The van der Waals surface area contributed by atoms with Gasteiger partial charge in [-0.15, -0.1) is 11.3 Å². The molecule has 0 aromatic carbocycles. The third kappa shape index (κ3) is 6.24. The van der Waals surface area contributed by atoms with Crippen LogP contribution in [0.3, 0.4) is 0 Å². The molecular formula is C14H22N2O4S. The molecule has 21 heavy (non-hydrogen) atoms. The van der Waals surface area contributed by atoms with Gasteiger partial charge in [-0.2, -0.15) is 0 Å². The molecule has 0 spiro atoms. The molecule has 1 fully saturated rings. The molecule has 0 saturated carbocycles. The minimum Gasteiger partial charge on any atom is -0.483 e. The van der Waals surface area contributed by atoms with Gasteiger partial charge in [0.05, 0.1) is 25.7 Å². The summed E-state index contributed by atoms with van der Waals surface area (Å²) in [4.78, 5) is 25.9. The summed E-state index contributed by atoms with van der Waals surface area (Å²) < 4.78 is 5.48. The number of hydrogen-bond acceptors (Lipinski definition) is 5. The molecule has 0 aliphatic carbocycles. The van der Waals surface area contributed by atoms with Crippen molar-refractivity contribution in [3.05, 3.63) is 22.4 Å². The summed E-state index contributed by atoms with van der Waals surface area (Å²) in [7, 11) is 4.05. The molecule has 0 radical (unpaired) electrons. The summed E-state index contributed by atoms with van der Waals surface area (Å²) in [6.07, 6.45) is 0.515. The van der Waals surface area contributed by atoms with Crippen LogP contribution in [0.2, 0.25) is 0 Å². The Labute approximate surface area is 128 Å². The zero-order valence-corrected chi connectivity index (χ0v) is 13.2. The van der Waals surface area contributed by atoms with Crippen LogP contribution in [0.4, 0.5) is 0 Å². The molecule has 1 unspecified atom stereocenters. The monoisotopic (exact) mass is 314 g/mol. The van der Waals surface area contributed by atoms with Crippen molar-refractivity contribution in [3.63, 3.8) is 0 Å². The van der Waals surface area contributed by atoms with Crippen LogP contribution in [-0.4, -0.2) is 73.7 Å². The van der Waals surface area contributed by atoms with Crippen molar-refractivity contribution in [1.29, 1.82) is 0 Å². The first-order valence-electron chi connectivity index (χ1n) is 6.70. The van der Waals surface area contributed by atoms with Gasteiger partial charge in [0.25, 0.3) is 6.47 Å². The third-order valence-corrected chi connectivity index (χ3v) is 3.91. The Morgan fingerprint density at radius 1 is 1.62 bits per heavy atom. The highest BCUT2D eigenvalue weighted by atomic mass is 32.1. The Morgan fingerprint density at radius 2 is 2.33 bits per heavy atom.